The average molecular weight is 271 g/mol. The molecule has 0 radical (unpaired) electrons. The smallest absolute Gasteiger partial charge is 0.423 e. The fraction of sp³-hybridized carbons (Fsp3) is 0. The van der Waals surface area contributed by atoms with Gasteiger partial charge in [-0.15, -0.1) is 0 Å². The maximum Gasteiger partial charge on any atom is 0.488 e. The van der Waals surface area contributed by atoms with Gasteiger partial charge in [-0.1, -0.05) is 36.4 Å². The van der Waals surface area contributed by atoms with Crippen LogP contribution in [-0.2, 0) is 0 Å². The Balaban J connectivity index is 2.23. The minimum atomic E-state index is -1.45. The lowest BCUT2D eigenvalue weighted by atomic mass is 9.78. The molecule has 1 aliphatic rings. The van der Waals surface area contributed by atoms with Gasteiger partial charge in [0.2, 0.25) is 0 Å². The summed E-state index contributed by atoms with van der Waals surface area (Å²) in [5.74, 6) is 0. The second kappa shape index (κ2) is 4.54. The summed E-state index contributed by atoms with van der Waals surface area (Å²) in [6, 6.07) is 13.8. The molecule has 0 saturated carbocycles. The van der Waals surface area contributed by atoms with Gasteiger partial charge in [0, 0.05) is 22.2 Å². The summed E-state index contributed by atoms with van der Waals surface area (Å²) >= 11 is 0. The van der Waals surface area contributed by atoms with Gasteiger partial charge in [-0.2, -0.15) is 0 Å². The maximum atomic E-state index is 9.42. The van der Waals surface area contributed by atoms with Crippen molar-refractivity contribution in [3.8, 4) is 0 Å². The van der Waals surface area contributed by atoms with Crippen LogP contribution in [0.5, 0.6) is 0 Å². The Labute approximate surface area is 122 Å². The lowest BCUT2D eigenvalue weighted by molar-refractivity contribution is 0.426. The molecule has 2 nitrogen and oxygen atoms in total. The molecule has 0 saturated heterocycles. The lowest BCUT2D eigenvalue weighted by Gasteiger charge is -2.10. The zero-order valence-corrected chi connectivity index (χ0v) is 11.2. The molecule has 4 rings (SSSR count). The molecular weight excluding hydrogens is 259 g/mol. The molecule has 0 bridgehead atoms. The number of benzene rings is 3. The third kappa shape index (κ3) is 1.80. The highest BCUT2D eigenvalue weighted by Gasteiger charge is 2.20. The van der Waals surface area contributed by atoms with E-state index >= 15 is 0 Å². The third-order valence-electron chi connectivity index (χ3n) is 4.00. The van der Waals surface area contributed by atoms with Crippen molar-refractivity contribution >= 4 is 46.3 Å². The largest absolute Gasteiger partial charge is 0.488 e. The molecule has 0 amide bonds. The van der Waals surface area contributed by atoms with Crippen LogP contribution >= 0.6 is 0 Å². The third-order valence-corrected chi connectivity index (χ3v) is 4.00. The average Bonchev–Trinajstić information content (AvgIpc) is 2.54. The SMILES string of the molecule is OB(O)c1ccc2c(c1)c1c(c3ccccc32)C=C[C+]=C1. The van der Waals surface area contributed by atoms with E-state index in [-0.39, 0.29) is 0 Å². The van der Waals surface area contributed by atoms with E-state index in [4.69, 9.17) is 0 Å². The van der Waals surface area contributed by atoms with Crippen molar-refractivity contribution in [1.29, 1.82) is 0 Å². The highest BCUT2D eigenvalue weighted by molar-refractivity contribution is 6.59. The quantitative estimate of drug-likeness (QED) is 0.405. The van der Waals surface area contributed by atoms with E-state index in [1.807, 2.05) is 36.4 Å². The predicted molar refractivity (Wildman–Crippen MR) is 88.0 cm³/mol. The molecule has 3 heteroatoms. The second-order valence-electron chi connectivity index (χ2n) is 5.20. The molecule has 3 aromatic rings. The number of allylic oxidation sites excluding steroid dienone is 2. The van der Waals surface area contributed by atoms with E-state index in [1.54, 1.807) is 6.07 Å². The lowest BCUT2D eigenvalue weighted by Crippen LogP contribution is -2.29. The van der Waals surface area contributed by atoms with Crippen LogP contribution < -0.4 is 5.46 Å². The molecule has 2 N–H and O–H groups in total. The summed E-state index contributed by atoms with van der Waals surface area (Å²) in [7, 11) is -1.45. The predicted octanol–water partition coefficient (Wildman–Crippen LogP) is 2.52. The number of hydrogen-bond donors (Lipinski definition) is 2. The monoisotopic (exact) mass is 271 g/mol. The maximum absolute atomic E-state index is 9.42. The first-order valence-electron chi connectivity index (χ1n) is 6.86. The van der Waals surface area contributed by atoms with Gasteiger partial charge in [-0.3, -0.25) is 0 Å². The summed E-state index contributed by atoms with van der Waals surface area (Å²) in [5, 5.41) is 23.3. The van der Waals surface area contributed by atoms with Crippen molar-refractivity contribution in [2.75, 3.05) is 0 Å². The van der Waals surface area contributed by atoms with E-state index in [0.717, 1.165) is 21.9 Å². The Morgan fingerprint density at radius 2 is 1.57 bits per heavy atom. The van der Waals surface area contributed by atoms with Crippen LogP contribution in [0.3, 0.4) is 0 Å². The van der Waals surface area contributed by atoms with Crippen molar-refractivity contribution in [2.24, 2.45) is 0 Å². The van der Waals surface area contributed by atoms with Crippen molar-refractivity contribution < 1.29 is 10.0 Å². The molecule has 0 unspecified atom stereocenters. The van der Waals surface area contributed by atoms with E-state index in [9.17, 15) is 10.0 Å². The minimum Gasteiger partial charge on any atom is -0.423 e. The molecule has 0 aromatic heterocycles. The van der Waals surface area contributed by atoms with Crippen LogP contribution in [0.25, 0.3) is 33.7 Å². The first kappa shape index (κ1) is 12.3. The number of hydrogen-bond acceptors (Lipinski definition) is 2. The van der Waals surface area contributed by atoms with Gasteiger partial charge in [0.05, 0.1) is 6.08 Å². The van der Waals surface area contributed by atoms with Gasteiger partial charge < -0.3 is 10.0 Å². The van der Waals surface area contributed by atoms with Gasteiger partial charge in [-0.05, 0) is 16.9 Å². The Hall–Kier alpha value is -2.45. The Morgan fingerprint density at radius 3 is 2.38 bits per heavy atom. The van der Waals surface area contributed by atoms with Crippen LogP contribution in [-0.4, -0.2) is 17.2 Å². The van der Waals surface area contributed by atoms with Crippen LogP contribution in [0.15, 0.2) is 48.5 Å². The topological polar surface area (TPSA) is 40.5 Å². The molecular formula is C18H12BO2+. The van der Waals surface area contributed by atoms with Crippen molar-refractivity contribution in [3.63, 3.8) is 0 Å². The molecule has 0 heterocycles. The molecule has 0 fully saturated rings. The summed E-state index contributed by atoms with van der Waals surface area (Å²) in [6.45, 7) is 0. The van der Waals surface area contributed by atoms with Crippen molar-refractivity contribution in [2.45, 2.75) is 0 Å². The summed E-state index contributed by atoms with van der Waals surface area (Å²) in [4.78, 5) is 0. The molecule has 0 aliphatic heterocycles. The second-order valence-corrected chi connectivity index (χ2v) is 5.20. The highest BCUT2D eigenvalue weighted by atomic mass is 16.4. The highest BCUT2D eigenvalue weighted by Crippen LogP contribution is 2.35. The Kier molecular flexibility index (Phi) is 2.66. The molecule has 21 heavy (non-hydrogen) atoms. The van der Waals surface area contributed by atoms with Gasteiger partial charge in [0.15, 0.2) is 0 Å². The molecule has 0 atom stereocenters. The van der Waals surface area contributed by atoms with E-state index in [2.05, 4.69) is 24.3 Å². The fourth-order valence-corrected chi connectivity index (χ4v) is 3.02. The van der Waals surface area contributed by atoms with Crippen LogP contribution in [0.4, 0.5) is 0 Å². The molecule has 0 spiro atoms. The van der Waals surface area contributed by atoms with Gasteiger partial charge in [0.25, 0.3) is 0 Å². The van der Waals surface area contributed by atoms with E-state index in [0.29, 0.717) is 5.46 Å². The van der Waals surface area contributed by atoms with Gasteiger partial charge in [0.1, 0.15) is 23.3 Å². The Bertz CT molecular complexity index is 923. The zero-order chi connectivity index (χ0) is 14.4. The standard InChI is InChI=1S/C18H12BO2/c20-19(21)12-9-10-17-15-7-2-1-5-13(15)14-6-3-4-8-16(14)18(17)11-12/h1-3,5-11,20-21H/q+1. The molecule has 98 valence electrons. The summed E-state index contributed by atoms with van der Waals surface area (Å²) < 4.78 is 0. The first-order valence-corrected chi connectivity index (χ1v) is 6.86. The first-order chi connectivity index (χ1) is 10.3. The summed E-state index contributed by atoms with van der Waals surface area (Å²) in [6.07, 6.45) is 9.03. The number of fused-ring (bicyclic) bond motifs is 6. The van der Waals surface area contributed by atoms with Crippen molar-refractivity contribution in [3.05, 3.63) is 65.7 Å². The summed E-state index contributed by atoms with van der Waals surface area (Å²) in [5.41, 5.74) is 2.73. The van der Waals surface area contributed by atoms with Gasteiger partial charge >= 0.3 is 7.12 Å². The fourth-order valence-electron chi connectivity index (χ4n) is 3.02. The minimum absolute atomic E-state index is 0.503. The molecule has 1 aliphatic carbocycles. The van der Waals surface area contributed by atoms with E-state index < -0.39 is 7.12 Å². The van der Waals surface area contributed by atoms with Crippen LogP contribution in [0.2, 0.25) is 0 Å². The van der Waals surface area contributed by atoms with Crippen LogP contribution in [0, 0.1) is 6.08 Å². The van der Waals surface area contributed by atoms with Crippen molar-refractivity contribution in [1.82, 2.24) is 0 Å². The normalized spacial score (nSPS) is 12.5. The van der Waals surface area contributed by atoms with Crippen LogP contribution in [0.1, 0.15) is 11.1 Å². The number of rotatable bonds is 1. The van der Waals surface area contributed by atoms with Gasteiger partial charge in [-0.25, -0.2) is 0 Å². The zero-order valence-electron chi connectivity index (χ0n) is 11.2. The Morgan fingerprint density at radius 1 is 0.810 bits per heavy atom. The molecule has 3 aromatic carbocycles. The van der Waals surface area contributed by atoms with E-state index in [1.165, 1.54) is 10.8 Å².